The lowest BCUT2D eigenvalue weighted by Crippen LogP contribution is -1.80. The minimum absolute atomic E-state index is 0.575. The number of halogens is 1. The van der Waals surface area contributed by atoms with E-state index in [9.17, 15) is 0 Å². The maximum absolute atomic E-state index is 5.46. The van der Waals surface area contributed by atoms with Gasteiger partial charge in [-0.2, -0.15) is 0 Å². The van der Waals surface area contributed by atoms with E-state index in [-0.39, 0.29) is 0 Å². The zero-order valence-electron chi connectivity index (χ0n) is 8.11. The molecule has 0 unspecified atom stereocenters. The zero-order valence-corrected chi connectivity index (χ0v) is 9.70. The summed E-state index contributed by atoms with van der Waals surface area (Å²) in [6.45, 7) is 0. The van der Waals surface area contributed by atoms with Crippen molar-refractivity contribution in [1.82, 2.24) is 4.98 Å². The molecule has 15 heavy (non-hydrogen) atoms. The molecule has 0 N–H and O–H groups in total. The third-order valence-electron chi connectivity index (χ3n) is 2.57. The molecule has 0 atom stereocenters. The van der Waals surface area contributed by atoms with E-state index in [4.69, 9.17) is 4.42 Å². The van der Waals surface area contributed by atoms with Crippen LogP contribution in [0.1, 0.15) is 24.7 Å². The SMILES string of the molecule is Brc1cccc(-c2coc(C3CC3)n2)c1. The maximum atomic E-state index is 5.46. The summed E-state index contributed by atoms with van der Waals surface area (Å²) in [5.74, 6) is 1.47. The summed E-state index contributed by atoms with van der Waals surface area (Å²) in [4.78, 5) is 4.50. The Morgan fingerprint density at radius 3 is 2.93 bits per heavy atom. The molecule has 0 bridgehead atoms. The third kappa shape index (κ3) is 1.84. The smallest absolute Gasteiger partial charge is 0.197 e. The standard InChI is InChI=1S/C12H10BrNO/c13-10-3-1-2-9(6-10)11-7-15-12(14-11)8-4-5-8/h1-3,6-8H,4-5H2. The Morgan fingerprint density at radius 2 is 2.20 bits per heavy atom. The van der Waals surface area contributed by atoms with Gasteiger partial charge in [-0.3, -0.25) is 0 Å². The van der Waals surface area contributed by atoms with Crippen molar-refractivity contribution in [3.63, 3.8) is 0 Å². The number of rotatable bonds is 2. The van der Waals surface area contributed by atoms with Crippen LogP contribution >= 0.6 is 15.9 Å². The molecule has 3 rings (SSSR count). The van der Waals surface area contributed by atoms with Gasteiger partial charge in [-0.05, 0) is 25.0 Å². The summed E-state index contributed by atoms with van der Waals surface area (Å²) < 4.78 is 6.52. The van der Waals surface area contributed by atoms with Crippen LogP contribution in [0.3, 0.4) is 0 Å². The average Bonchev–Trinajstić information content (AvgIpc) is 2.97. The minimum atomic E-state index is 0.575. The van der Waals surface area contributed by atoms with Crippen LogP contribution in [0.2, 0.25) is 0 Å². The van der Waals surface area contributed by atoms with Gasteiger partial charge in [0.05, 0.1) is 0 Å². The van der Waals surface area contributed by atoms with Crippen LogP contribution < -0.4 is 0 Å². The first kappa shape index (κ1) is 9.16. The molecule has 1 aliphatic carbocycles. The maximum Gasteiger partial charge on any atom is 0.197 e. The quantitative estimate of drug-likeness (QED) is 0.819. The summed E-state index contributed by atoms with van der Waals surface area (Å²) in [5.41, 5.74) is 2.03. The highest BCUT2D eigenvalue weighted by molar-refractivity contribution is 9.10. The van der Waals surface area contributed by atoms with Gasteiger partial charge >= 0.3 is 0 Å². The molecule has 2 nitrogen and oxygen atoms in total. The zero-order chi connectivity index (χ0) is 10.3. The molecular formula is C12H10BrNO. The normalized spacial score (nSPS) is 15.5. The number of benzene rings is 1. The number of aromatic nitrogens is 1. The Hall–Kier alpha value is -1.09. The van der Waals surface area contributed by atoms with Crippen molar-refractivity contribution in [3.8, 4) is 11.3 Å². The van der Waals surface area contributed by atoms with Crippen LogP contribution in [0.4, 0.5) is 0 Å². The molecule has 0 saturated heterocycles. The molecule has 3 heteroatoms. The van der Waals surface area contributed by atoms with Crippen LogP contribution in [0.15, 0.2) is 39.4 Å². The molecule has 1 fully saturated rings. The van der Waals surface area contributed by atoms with E-state index in [1.165, 1.54) is 12.8 Å². The Kier molecular flexibility index (Phi) is 2.13. The summed E-state index contributed by atoms with van der Waals surface area (Å²) in [5, 5.41) is 0. The van der Waals surface area contributed by atoms with Gasteiger partial charge in [-0.15, -0.1) is 0 Å². The molecule has 1 saturated carbocycles. The van der Waals surface area contributed by atoms with Crippen molar-refractivity contribution in [2.45, 2.75) is 18.8 Å². The van der Waals surface area contributed by atoms with Gasteiger partial charge in [0, 0.05) is 16.0 Å². The van der Waals surface area contributed by atoms with E-state index in [1.807, 2.05) is 18.2 Å². The molecule has 1 aromatic carbocycles. The summed E-state index contributed by atoms with van der Waals surface area (Å²) in [6.07, 6.45) is 4.19. The predicted octanol–water partition coefficient (Wildman–Crippen LogP) is 3.98. The summed E-state index contributed by atoms with van der Waals surface area (Å²) in [6, 6.07) is 8.10. The summed E-state index contributed by atoms with van der Waals surface area (Å²) in [7, 11) is 0. The molecule has 0 aliphatic heterocycles. The topological polar surface area (TPSA) is 26.0 Å². The van der Waals surface area contributed by atoms with Gasteiger partial charge in [0.1, 0.15) is 12.0 Å². The predicted molar refractivity (Wildman–Crippen MR) is 61.6 cm³/mol. The fraction of sp³-hybridized carbons (Fsp3) is 0.250. The van der Waals surface area contributed by atoms with E-state index in [0.717, 1.165) is 21.6 Å². The number of nitrogens with zero attached hydrogens (tertiary/aromatic N) is 1. The Bertz CT molecular complexity index is 488. The molecule has 1 aromatic heterocycles. The Labute approximate surface area is 96.5 Å². The van der Waals surface area contributed by atoms with Crippen molar-refractivity contribution in [2.75, 3.05) is 0 Å². The molecule has 0 spiro atoms. The molecule has 76 valence electrons. The first-order chi connectivity index (χ1) is 7.33. The van der Waals surface area contributed by atoms with Gasteiger partial charge in [0.2, 0.25) is 0 Å². The van der Waals surface area contributed by atoms with Gasteiger partial charge < -0.3 is 4.42 Å². The highest BCUT2D eigenvalue weighted by Gasteiger charge is 2.28. The van der Waals surface area contributed by atoms with Gasteiger partial charge in [-0.25, -0.2) is 4.98 Å². The monoisotopic (exact) mass is 263 g/mol. The first-order valence-electron chi connectivity index (χ1n) is 5.04. The lowest BCUT2D eigenvalue weighted by Gasteiger charge is -1.95. The van der Waals surface area contributed by atoms with Crippen LogP contribution in [0, 0.1) is 0 Å². The third-order valence-corrected chi connectivity index (χ3v) is 3.06. The fourth-order valence-electron chi connectivity index (χ4n) is 1.59. The van der Waals surface area contributed by atoms with Crippen LogP contribution in [-0.2, 0) is 0 Å². The van der Waals surface area contributed by atoms with Crippen molar-refractivity contribution in [2.24, 2.45) is 0 Å². The number of hydrogen-bond donors (Lipinski definition) is 0. The van der Waals surface area contributed by atoms with Gasteiger partial charge in [0.15, 0.2) is 5.89 Å². The number of oxazole rings is 1. The van der Waals surface area contributed by atoms with Crippen LogP contribution in [0.5, 0.6) is 0 Å². The molecule has 1 aliphatic rings. The van der Waals surface area contributed by atoms with Crippen LogP contribution in [0.25, 0.3) is 11.3 Å². The highest BCUT2D eigenvalue weighted by atomic mass is 79.9. The largest absolute Gasteiger partial charge is 0.448 e. The minimum Gasteiger partial charge on any atom is -0.448 e. The van der Waals surface area contributed by atoms with Gasteiger partial charge in [0.25, 0.3) is 0 Å². The lowest BCUT2D eigenvalue weighted by molar-refractivity contribution is 0.497. The average molecular weight is 264 g/mol. The first-order valence-corrected chi connectivity index (χ1v) is 5.83. The second-order valence-electron chi connectivity index (χ2n) is 3.86. The van der Waals surface area contributed by atoms with Crippen LogP contribution in [-0.4, -0.2) is 4.98 Å². The Morgan fingerprint density at radius 1 is 1.33 bits per heavy atom. The molecular weight excluding hydrogens is 254 g/mol. The molecule has 2 aromatic rings. The van der Waals surface area contributed by atoms with E-state index < -0.39 is 0 Å². The highest BCUT2D eigenvalue weighted by Crippen LogP contribution is 2.40. The lowest BCUT2D eigenvalue weighted by atomic mass is 10.2. The van der Waals surface area contributed by atoms with E-state index in [2.05, 4.69) is 27.0 Å². The summed E-state index contributed by atoms with van der Waals surface area (Å²) >= 11 is 3.45. The molecule has 1 heterocycles. The molecule has 0 radical (unpaired) electrons. The van der Waals surface area contributed by atoms with E-state index >= 15 is 0 Å². The second kappa shape index (κ2) is 3.49. The number of hydrogen-bond acceptors (Lipinski definition) is 2. The van der Waals surface area contributed by atoms with Crippen molar-refractivity contribution < 1.29 is 4.42 Å². The van der Waals surface area contributed by atoms with Crippen molar-refractivity contribution in [1.29, 1.82) is 0 Å². The van der Waals surface area contributed by atoms with E-state index in [1.54, 1.807) is 6.26 Å². The van der Waals surface area contributed by atoms with Crippen molar-refractivity contribution >= 4 is 15.9 Å². The second-order valence-corrected chi connectivity index (χ2v) is 4.77. The molecule has 0 amide bonds. The van der Waals surface area contributed by atoms with E-state index in [0.29, 0.717) is 5.92 Å². The van der Waals surface area contributed by atoms with Gasteiger partial charge in [-0.1, -0.05) is 28.1 Å². The Balaban J connectivity index is 1.97. The van der Waals surface area contributed by atoms with Crippen molar-refractivity contribution in [3.05, 3.63) is 40.9 Å². The fourth-order valence-corrected chi connectivity index (χ4v) is 1.99.